The molecule has 1 saturated carbocycles. The van der Waals surface area contributed by atoms with Gasteiger partial charge in [-0.15, -0.1) is 0 Å². The molecule has 1 aliphatic carbocycles. The Morgan fingerprint density at radius 2 is 1.79 bits per heavy atom. The van der Waals surface area contributed by atoms with E-state index in [-0.39, 0.29) is 24.4 Å². The fourth-order valence-electron chi connectivity index (χ4n) is 3.15. The molecule has 1 fully saturated rings. The van der Waals surface area contributed by atoms with Crippen LogP contribution in [0.4, 0.5) is 4.79 Å². The van der Waals surface area contributed by atoms with Gasteiger partial charge in [0.05, 0.1) is 19.1 Å². The topological polar surface area (TPSA) is 67.4 Å². The van der Waals surface area contributed by atoms with Crippen LogP contribution in [-0.4, -0.2) is 24.6 Å². The number of ether oxygens (including phenoxy) is 1. The van der Waals surface area contributed by atoms with Crippen molar-refractivity contribution in [3.8, 4) is 0 Å². The summed E-state index contributed by atoms with van der Waals surface area (Å²) in [7, 11) is 0. The molecular weight excluding hydrogens is 304 g/mol. The first-order chi connectivity index (χ1) is 11.7. The van der Waals surface area contributed by atoms with Crippen LogP contribution in [0.5, 0.6) is 0 Å². The molecule has 2 N–H and O–H groups in total. The van der Waals surface area contributed by atoms with E-state index in [4.69, 9.17) is 4.74 Å². The number of amides is 2. The Hall–Kier alpha value is -2.04. The Morgan fingerprint density at radius 1 is 1.12 bits per heavy atom. The molecule has 0 radical (unpaired) electrons. The second-order valence-electron chi connectivity index (χ2n) is 6.29. The average molecular weight is 332 g/mol. The smallest absolute Gasteiger partial charge is 0.407 e. The number of carbonyl (C=O) groups excluding carboxylic acids is 2. The van der Waals surface area contributed by atoms with Crippen molar-refractivity contribution in [1.82, 2.24) is 10.6 Å². The summed E-state index contributed by atoms with van der Waals surface area (Å²) < 4.78 is 4.96. The minimum atomic E-state index is -0.492. The van der Waals surface area contributed by atoms with E-state index in [1.165, 1.54) is 25.7 Å². The molecule has 0 bridgehead atoms. The van der Waals surface area contributed by atoms with Gasteiger partial charge in [-0.1, -0.05) is 56.0 Å². The van der Waals surface area contributed by atoms with Gasteiger partial charge in [0, 0.05) is 6.04 Å². The first-order valence-electron chi connectivity index (χ1n) is 8.96. The molecule has 1 aromatic rings. The van der Waals surface area contributed by atoms with Gasteiger partial charge in [-0.2, -0.15) is 0 Å². The second kappa shape index (κ2) is 9.96. The minimum Gasteiger partial charge on any atom is -0.450 e. The Balaban J connectivity index is 1.95. The number of hydrogen-bond donors (Lipinski definition) is 2. The lowest BCUT2D eigenvalue weighted by Gasteiger charge is -2.21. The molecule has 5 heteroatoms. The Kier molecular flexibility index (Phi) is 7.59. The van der Waals surface area contributed by atoms with Crippen molar-refractivity contribution < 1.29 is 14.3 Å². The van der Waals surface area contributed by atoms with Crippen LogP contribution in [0.15, 0.2) is 30.3 Å². The van der Waals surface area contributed by atoms with Gasteiger partial charge in [-0.05, 0) is 25.3 Å². The molecule has 1 unspecified atom stereocenters. The Bertz CT molecular complexity index is 511. The fraction of sp³-hybridized carbons (Fsp3) is 0.579. The van der Waals surface area contributed by atoms with Gasteiger partial charge in [0.25, 0.3) is 0 Å². The fourth-order valence-corrected chi connectivity index (χ4v) is 3.15. The summed E-state index contributed by atoms with van der Waals surface area (Å²) >= 11 is 0. The standard InChI is InChI=1S/C19H28N2O3/c1-2-24-19(23)21-17(15-10-6-5-7-11-15)14-18(22)20-16-12-8-3-4-9-13-16/h5-7,10-11,16-17H,2-4,8-9,12-14H2,1H3,(H,20,22)(H,21,23). The predicted molar refractivity (Wildman–Crippen MR) is 93.6 cm³/mol. The molecule has 5 nitrogen and oxygen atoms in total. The number of nitrogens with one attached hydrogen (secondary N) is 2. The summed E-state index contributed by atoms with van der Waals surface area (Å²) in [5.41, 5.74) is 0.904. The highest BCUT2D eigenvalue weighted by Crippen LogP contribution is 2.20. The van der Waals surface area contributed by atoms with Crippen molar-refractivity contribution in [2.75, 3.05) is 6.61 Å². The normalized spacial score (nSPS) is 16.7. The summed E-state index contributed by atoms with van der Waals surface area (Å²) in [6, 6.07) is 9.42. The maximum atomic E-state index is 12.4. The maximum absolute atomic E-state index is 12.4. The van der Waals surface area contributed by atoms with Crippen molar-refractivity contribution in [3.63, 3.8) is 0 Å². The molecule has 1 atom stereocenters. The Labute approximate surface area is 144 Å². The summed E-state index contributed by atoms with van der Waals surface area (Å²) in [4.78, 5) is 24.2. The van der Waals surface area contributed by atoms with Crippen LogP contribution >= 0.6 is 0 Å². The van der Waals surface area contributed by atoms with Crippen molar-refractivity contribution in [2.45, 2.75) is 64.0 Å². The molecule has 0 heterocycles. The zero-order valence-corrected chi connectivity index (χ0v) is 14.4. The summed E-state index contributed by atoms with van der Waals surface area (Å²) in [5.74, 6) is -0.0208. The minimum absolute atomic E-state index is 0.0208. The highest BCUT2D eigenvalue weighted by Gasteiger charge is 2.21. The second-order valence-corrected chi connectivity index (χ2v) is 6.29. The first kappa shape index (κ1) is 18.3. The molecule has 0 spiro atoms. The third-order valence-corrected chi connectivity index (χ3v) is 4.38. The summed E-state index contributed by atoms with van der Waals surface area (Å²) in [6.07, 6.45) is 6.68. The van der Waals surface area contributed by atoms with Gasteiger partial charge < -0.3 is 15.4 Å². The molecule has 1 aromatic carbocycles. The van der Waals surface area contributed by atoms with Crippen LogP contribution in [-0.2, 0) is 9.53 Å². The number of carbonyl (C=O) groups is 2. The average Bonchev–Trinajstić information content (AvgIpc) is 2.84. The quantitative estimate of drug-likeness (QED) is 0.781. The lowest BCUT2D eigenvalue weighted by molar-refractivity contribution is -0.122. The highest BCUT2D eigenvalue weighted by molar-refractivity contribution is 5.78. The number of alkyl carbamates (subject to hydrolysis) is 1. The van der Waals surface area contributed by atoms with Crippen LogP contribution < -0.4 is 10.6 Å². The molecular formula is C19H28N2O3. The van der Waals surface area contributed by atoms with Crippen LogP contribution in [0, 0.1) is 0 Å². The highest BCUT2D eigenvalue weighted by atomic mass is 16.5. The lowest BCUT2D eigenvalue weighted by atomic mass is 10.0. The van der Waals surface area contributed by atoms with Crippen molar-refractivity contribution in [1.29, 1.82) is 0 Å². The van der Waals surface area contributed by atoms with E-state index in [1.807, 2.05) is 30.3 Å². The third-order valence-electron chi connectivity index (χ3n) is 4.38. The van der Waals surface area contributed by atoms with Crippen LogP contribution in [0.3, 0.4) is 0 Å². The van der Waals surface area contributed by atoms with Crippen LogP contribution in [0.2, 0.25) is 0 Å². The monoisotopic (exact) mass is 332 g/mol. The summed E-state index contributed by atoms with van der Waals surface area (Å²) in [5, 5.41) is 5.93. The van der Waals surface area contributed by atoms with Gasteiger partial charge in [0.1, 0.15) is 0 Å². The van der Waals surface area contributed by atoms with E-state index in [1.54, 1.807) is 6.92 Å². The van der Waals surface area contributed by atoms with Gasteiger partial charge in [-0.25, -0.2) is 4.79 Å². The molecule has 2 rings (SSSR count). The lowest BCUT2D eigenvalue weighted by Crippen LogP contribution is -2.38. The molecule has 0 aromatic heterocycles. The number of benzene rings is 1. The third kappa shape index (κ3) is 6.22. The molecule has 0 saturated heterocycles. The van der Waals surface area contributed by atoms with Gasteiger partial charge >= 0.3 is 6.09 Å². The molecule has 24 heavy (non-hydrogen) atoms. The van der Waals surface area contributed by atoms with Crippen molar-refractivity contribution in [3.05, 3.63) is 35.9 Å². The maximum Gasteiger partial charge on any atom is 0.407 e. The Morgan fingerprint density at radius 3 is 2.42 bits per heavy atom. The molecule has 132 valence electrons. The predicted octanol–water partition coefficient (Wildman–Crippen LogP) is 3.70. The van der Waals surface area contributed by atoms with Gasteiger partial charge in [0.2, 0.25) is 5.91 Å². The van der Waals surface area contributed by atoms with Crippen molar-refractivity contribution in [2.24, 2.45) is 0 Å². The van der Waals surface area contributed by atoms with Gasteiger partial charge in [-0.3, -0.25) is 4.79 Å². The van der Waals surface area contributed by atoms with Crippen LogP contribution in [0.1, 0.15) is 63.5 Å². The van der Waals surface area contributed by atoms with Crippen LogP contribution in [0.25, 0.3) is 0 Å². The molecule has 0 aliphatic heterocycles. The molecule has 1 aliphatic rings. The number of rotatable bonds is 6. The van der Waals surface area contributed by atoms with E-state index >= 15 is 0 Å². The first-order valence-corrected chi connectivity index (χ1v) is 8.96. The largest absolute Gasteiger partial charge is 0.450 e. The van der Waals surface area contributed by atoms with E-state index < -0.39 is 6.09 Å². The van der Waals surface area contributed by atoms with E-state index in [9.17, 15) is 9.59 Å². The van der Waals surface area contributed by atoms with E-state index in [0.717, 1.165) is 18.4 Å². The van der Waals surface area contributed by atoms with E-state index in [0.29, 0.717) is 6.61 Å². The zero-order chi connectivity index (χ0) is 17.2. The SMILES string of the molecule is CCOC(=O)NC(CC(=O)NC1CCCCCC1)c1ccccc1. The number of hydrogen-bond acceptors (Lipinski definition) is 3. The van der Waals surface area contributed by atoms with E-state index in [2.05, 4.69) is 10.6 Å². The summed E-state index contributed by atoms with van der Waals surface area (Å²) in [6.45, 7) is 2.07. The van der Waals surface area contributed by atoms with Crippen molar-refractivity contribution >= 4 is 12.0 Å². The van der Waals surface area contributed by atoms with Gasteiger partial charge in [0.15, 0.2) is 0 Å². The zero-order valence-electron chi connectivity index (χ0n) is 14.4. The molecule has 2 amide bonds.